The van der Waals surface area contributed by atoms with Gasteiger partial charge in [0.1, 0.15) is 5.82 Å². The molecule has 134 valence electrons. The minimum absolute atomic E-state index is 0.449. The molecule has 0 atom stereocenters. The van der Waals surface area contributed by atoms with Crippen LogP contribution in [0, 0.1) is 13.8 Å². The van der Waals surface area contributed by atoms with E-state index in [9.17, 15) is 0 Å². The van der Waals surface area contributed by atoms with Crippen LogP contribution in [-0.4, -0.2) is 20.1 Å². The van der Waals surface area contributed by atoms with E-state index in [1.807, 2.05) is 68.4 Å². The molecule has 0 aliphatic carbocycles. The van der Waals surface area contributed by atoms with Crippen LogP contribution >= 0.6 is 0 Å². The summed E-state index contributed by atoms with van der Waals surface area (Å²) in [6.45, 7) is 4.37. The number of nitrogens with one attached hydrogen (secondary N) is 1. The second kappa shape index (κ2) is 7.37. The molecule has 0 unspecified atom stereocenters. The van der Waals surface area contributed by atoms with Gasteiger partial charge < -0.3 is 9.84 Å². The molecule has 0 bridgehead atoms. The Labute approximate surface area is 157 Å². The van der Waals surface area contributed by atoms with Crippen molar-refractivity contribution in [3.8, 4) is 22.6 Å². The van der Waals surface area contributed by atoms with Gasteiger partial charge in [0.2, 0.25) is 11.7 Å². The molecular weight excluding hydrogens is 338 g/mol. The van der Waals surface area contributed by atoms with Gasteiger partial charge >= 0.3 is 0 Å². The molecule has 0 fully saturated rings. The molecule has 2 heterocycles. The molecule has 27 heavy (non-hydrogen) atoms. The molecule has 0 spiro atoms. The largest absolute Gasteiger partial charge is 0.376 e. The van der Waals surface area contributed by atoms with Gasteiger partial charge in [0.05, 0.1) is 12.2 Å². The lowest BCUT2D eigenvalue weighted by molar-refractivity contribution is 0.384. The molecule has 0 aliphatic rings. The molecule has 0 saturated carbocycles. The molecule has 2 aromatic carbocycles. The Balaban J connectivity index is 1.47. The highest BCUT2D eigenvalue weighted by Gasteiger charge is 2.09. The molecule has 6 heteroatoms. The Bertz CT molecular complexity index is 1070. The number of anilines is 1. The van der Waals surface area contributed by atoms with Crippen molar-refractivity contribution in [2.45, 2.75) is 20.4 Å². The fourth-order valence-electron chi connectivity index (χ4n) is 2.81. The van der Waals surface area contributed by atoms with Gasteiger partial charge in [-0.2, -0.15) is 4.98 Å². The second-order valence-corrected chi connectivity index (χ2v) is 6.30. The molecule has 0 saturated heterocycles. The van der Waals surface area contributed by atoms with E-state index in [0.29, 0.717) is 18.3 Å². The summed E-state index contributed by atoms with van der Waals surface area (Å²) in [5.41, 5.74) is 4.99. The standard InChI is InChI=1S/C21H19N5O/c1-14-5-3-7-17(11-14)21-25-20(27-26-21)13-23-18-8-4-6-16(12-18)19-9-10-22-15(2)24-19/h3-12,23H,13H2,1-2H3. The van der Waals surface area contributed by atoms with Crippen LogP contribution in [0.25, 0.3) is 22.6 Å². The maximum atomic E-state index is 5.37. The van der Waals surface area contributed by atoms with Crippen molar-refractivity contribution >= 4 is 5.69 Å². The molecule has 0 amide bonds. The number of aryl methyl sites for hydroxylation is 2. The molecular formula is C21H19N5O. The summed E-state index contributed by atoms with van der Waals surface area (Å²) in [4.78, 5) is 13.1. The predicted octanol–water partition coefficient (Wildman–Crippen LogP) is 4.42. The topological polar surface area (TPSA) is 76.7 Å². The van der Waals surface area contributed by atoms with Gasteiger partial charge in [-0.05, 0) is 38.1 Å². The number of hydrogen-bond acceptors (Lipinski definition) is 6. The Hall–Kier alpha value is -3.54. The van der Waals surface area contributed by atoms with Crippen LogP contribution in [-0.2, 0) is 6.54 Å². The van der Waals surface area contributed by atoms with Crippen LogP contribution in [0.15, 0.2) is 65.3 Å². The lowest BCUT2D eigenvalue weighted by Crippen LogP contribution is -2.00. The fraction of sp³-hybridized carbons (Fsp3) is 0.143. The minimum atomic E-state index is 0.449. The first-order valence-electron chi connectivity index (χ1n) is 8.71. The predicted molar refractivity (Wildman–Crippen MR) is 104 cm³/mol. The summed E-state index contributed by atoms with van der Waals surface area (Å²) in [6.07, 6.45) is 1.77. The second-order valence-electron chi connectivity index (χ2n) is 6.30. The summed E-state index contributed by atoms with van der Waals surface area (Å²) in [5.74, 6) is 1.89. The smallest absolute Gasteiger partial charge is 0.246 e. The van der Waals surface area contributed by atoms with Crippen LogP contribution in [0.3, 0.4) is 0 Å². The average Bonchev–Trinajstić information content (AvgIpc) is 3.16. The fourth-order valence-corrected chi connectivity index (χ4v) is 2.81. The van der Waals surface area contributed by atoms with Crippen LogP contribution < -0.4 is 5.32 Å². The van der Waals surface area contributed by atoms with Gasteiger partial charge in [0.15, 0.2) is 0 Å². The molecule has 0 aliphatic heterocycles. The Morgan fingerprint density at radius 3 is 2.63 bits per heavy atom. The van der Waals surface area contributed by atoms with E-state index in [4.69, 9.17) is 4.52 Å². The third-order valence-electron chi connectivity index (χ3n) is 4.12. The zero-order valence-corrected chi connectivity index (χ0v) is 15.2. The average molecular weight is 357 g/mol. The lowest BCUT2D eigenvalue weighted by atomic mass is 10.1. The molecule has 2 aromatic heterocycles. The number of hydrogen-bond donors (Lipinski definition) is 1. The molecule has 4 rings (SSSR count). The third kappa shape index (κ3) is 4.00. The van der Waals surface area contributed by atoms with Crippen LogP contribution in [0.2, 0.25) is 0 Å². The van der Waals surface area contributed by atoms with Crippen molar-refractivity contribution in [1.29, 1.82) is 0 Å². The first-order valence-corrected chi connectivity index (χ1v) is 8.71. The van der Waals surface area contributed by atoms with Gasteiger partial charge in [-0.3, -0.25) is 0 Å². The zero-order chi connectivity index (χ0) is 18.6. The van der Waals surface area contributed by atoms with Crippen molar-refractivity contribution in [2.24, 2.45) is 0 Å². The van der Waals surface area contributed by atoms with E-state index in [-0.39, 0.29) is 0 Å². The van der Waals surface area contributed by atoms with E-state index < -0.39 is 0 Å². The molecule has 0 radical (unpaired) electrons. The summed E-state index contributed by atoms with van der Waals surface area (Å²) < 4.78 is 5.37. The highest BCUT2D eigenvalue weighted by atomic mass is 16.5. The SMILES string of the molecule is Cc1cccc(-c2noc(CNc3cccc(-c4ccnc(C)n4)c3)n2)c1. The van der Waals surface area contributed by atoms with E-state index >= 15 is 0 Å². The van der Waals surface area contributed by atoms with Crippen molar-refractivity contribution < 1.29 is 4.52 Å². The first-order chi connectivity index (χ1) is 13.2. The van der Waals surface area contributed by atoms with Gasteiger partial charge in [0.25, 0.3) is 0 Å². The minimum Gasteiger partial charge on any atom is -0.376 e. The van der Waals surface area contributed by atoms with Gasteiger partial charge in [-0.1, -0.05) is 41.1 Å². The zero-order valence-electron chi connectivity index (χ0n) is 15.2. The normalized spacial score (nSPS) is 10.7. The van der Waals surface area contributed by atoms with Crippen LogP contribution in [0.1, 0.15) is 17.3 Å². The monoisotopic (exact) mass is 357 g/mol. The van der Waals surface area contributed by atoms with E-state index in [0.717, 1.165) is 33.9 Å². The number of nitrogens with zero attached hydrogens (tertiary/aromatic N) is 4. The van der Waals surface area contributed by atoms with Gasteiger partial charge in [-0.25, -0.2) is 9.97 Å². The number of rotatable bonds is 5. The van der Waals surface area contributed by atoms with E-state index in [2.05, 4.69) is 25.4 Å². The molecule has 1 N–H and O–H groups in total. The maximum absolute atomic E-state index is 5.37. The van der Waals surface area contributed by atoms with E-state index in [1.54, 1.807) is 6.20 Å². The summed E-state index contributed by atoms with van der Waals surface area (Å²) in [7, 11) is 0. The van der Waals surface area contributed by atoms with E-state index in [1.165, 1.54) is 0 Å². The Morgan fingerprint density at radius 1 is 0.926 bits per heavy atom. The van der Waals surface area contributed by atoms with Crippen molar-refractivity contribution in [3.05, 3.63) is 78.1 Å². The Kier molecular flexibility index (Phi) is 4.61. The van der Waals surface area contributed by atoms with Crippen molar-refractivity contribution in [2.75, 3.05) is 5.32 Å². The first kappa shape index (κ1) is 16.9. The van der Waals surface area contributed by atoms with Gasteiger partial charge in [-0.15, -0.1) is 0 Å². The van der Waals surface area contributed by atoms with Gasteiger partial charge in [0, 0.05) is 23.0 Å². The van der Waals surface area contributed by atoms with Crippen LogP contribution in [0.4, 0.5) is 5.69 Å². The third-order valence-corrected chi connectivity index (χ3v) is 4.12. The highest BCUT2D eigenvalue weighted by Crippen LogP contribution is 2.22. The number of benzene rings is 2. The summed E-state index contributed by atoms with van der Waals surface area (Å²) >= 11 is 0. The maximum Gasteiger partial charge on any atom is 0.246 e. The number of aromatic nitrogens is 4. The molecule has 6 nitrogen and oxygen atoms in total. The van der Waals surface area contributed by atoms with Crippen molar-refractivity contribution in [3.63, 3.8) is 0 Å². The quantitative estimate of drug-likeness (QED) is 0.570. The van der Waals surface area contributed by atoms with Crippen LogP contribution in [0.5, 0.6) is 0 Å². The summed E-state index contributed by atoms with van der Waals surface area (Å²) in [6, 6.07) is 18.0. The van der Waals surface area contributed by atoms with Crippen molar-refractivity contribution in [1.82, 2.24) is 20.1 Å². The lowest BCUT2D eigenvalue weighted by Gasteiger charge is -2.06. The summed E-state index contributed by atoms with van der Waals surface area (Å²) in [5, 5.41) is 7.39. The Morgan fingerprint density at radius 2 is 1.78 bits per heavy atom. The highest BCUT2D eigenvalue weighted by molar-refractivity contribution is 5.64. The molecule has 4 aromatic rings.